The molecule has 1 saturated heterocycles. The molecule has 0 aliphatic carbocycles. The standard InChI is InChI=1S/C11H22F2N2/c1-3-9(2)10-7-15(8-11(12)13)6-4-5-14-10/h9-11,14H,3-8H2,1-2H3. The highest BCUT2D eigenvalue weighted by atomic mass is 19.3. The fourth-order valence-electron chi connectivity index (χ4n) is 2.05. The molecule has 1 fully saturated rings. The second-order valence-corrected chi connectivity index (χ2v) is 4.45. The van der Waals surface area contributed by atoms with Gasteiger partial charge in [-0.05, 0) is 25.4 Å². The number of alkyl halides is 2. The van der Waals surface area contributed by atoms with E-state index in [1.165, 1.54) is 0 Å². The molecule has 0 aromatic heterocycles. The molecular weight excluding hydrogens is 198 g/mol. The lowest BCUT2D eigenvalue weighted by atomic mass is 9.99. The Morgan fingerprint density at radius 1 is 1.47 bits per heavy atom. The molecule has 1 heterocycles. The molecule has 0 amide bonds. The van der Waals surface area contributed by atoms with Crippen molar-refractivity contribution in [3.63, 3.8) is 0 Å². The van der Waals surface area contributed by atoms with Crippen LogP contribution in [0.15, 0.2) is 0 Å². The maximum absolute atomic E-state index is 12.3. The zero-order valence-electron chi connectivity index (χ0n) is 9.68. The molecule has 1 aliphatic rings. The second-order valence-electron chi connectivity index (χ2n) is 4.45. The number of nitrogens with one attached hydrogen (secondary N) is 1. The van der Waals surface area contributed by atoms with Gasteiger partial charge in [-0.2, -0.15) is 0 Å². The fourth-order valence-corrected chi connectivity index (χ4v) is 2.05. The van der Waals surface area contributed by atoms with E-state index in [0.717, 1.165) is 32.5 Å². The van der Waals surface area contributed by atoms with Crippen molar-refractivity contribution in [1.29, 1.82) is 0 Å². The Morgan fingerprint density at radius 2 is 2.20 bits per heavy atom. The van der Waals surface area contributed by atoms with Gasteiger partial charge in [-0.3, -0.25) is 4.90 Å². The largest absolute Gasteiger partial charge is 0.312 e. The first-order valence-electron chi connectivity index (χ1n) is 5.87. The quantitative estimate of drug-likeness (QED) is 0.779. The van der Waals surface area contributed by atoms with E-state index in [1.54, 1.807) is 0 Å². The molecule has 2 atom stereocenters. The van der Waals surface area contributed by atoms with Crippen LogP contribution >= 0.6 is 0 Å². The van der Waals surface area contributed by atoms with Crippen molar-refractivity contribution in [3.05, 3.63) is 0 Å². The topological polar surface area (TPSA) is 15.3 Å². The highest BCUT2D eigenvalue weighted by Crippen LogP contribution is 2.13. The van der Waals surface area contributed by atoms with Crippen molar-refractivity contribution in [3.8, 4) is 0 Å². The van der Waals surface area contributed by atoms with Crippen LogP contribution in [0.1, 0.15) is 26.7 Å². The van der Waals surface area contributed by atoms with Crippen LogP contribution in [0.5, 0.6) is 0 Å². The minimum atomic E-state index is -2.21. The number of rotatable bonds is 4. The summed E-state index contributed by atoms with van der Waals surface area (Å²) in [6, 6.07) is 0.372. The van der Waals surface area contributed by atoms with Crippen LogP contribution in [0.3, 0.4) is 0 Å². The van der Waals surface area contributed by atoms with Crippen molar-refractivity contribution in [2.45, 2.75) is 39.2 Å². The lowest BCUT2D eigenvalue weighted by molar-refractivity contribution is 0.0843. The van der Waals surface area contributed by atoms with Gasteiger partial charge in [0.25, 0.3) is 6.43 Å². The van der Waals surface area contributed by atoms with Gasteiger partial charge in [0.1, 0.15) is 0 Å². The van der Waals surface area contributed by atoms with Gasteiger partial charge in [-0.1, -0.05) is 20.3 Å². The Kier molecular flexibility index (Phi) is 5.47. The second kappa shape index (κ2) is 6.38. The maximum atomic E-state index is 12.3. The number of nitrogens with zero attached hydrogens (tertiary/aromatic N) is 1. The third-order valence-corrected chi connectivity index (χ3v) is 3.24. The first-order valence-corrected chi connectivity index (χ1v) is 5.87. The van der Waals surface area contributed by atoms with E-state index in [2.05, 4.69) is 19.2 Å². The van der Waals surface area contributed by atoms with Gasteiger partial charge in [-0.15, -0.1) is 0 Å². The van der Waals surface area contributed by atoms with E-state index in [4.69, 9.17) is 0 Å². The monoisotopic (exact) mass is 220 g/mol. The summed E-state index contributed by atoms with van der Waals surface area (Å²) in [5.41, 5.74) is 0. The highest BCUT2D eigenvalue weighted by Gasteiger charge is 2.23. The van der Waals surface area contributed by atoms with Gasteiger partial charge >= 0.3 is 0 Å². The fraction of sp³-hybridized carbons (Fsp3) is 1.00. The van der Waals surface area contributed by atoms with E-state index in [0.29, 0.717) is 12.0 Å². The van der Waals surface area contributed by atoms with Crippen LogP contribution in [-0.4, -0.2) is 43.5 Å². The summed E-state index contributed by atoms with van der Waals surface area (Å²) in [6.45, 7) is 6.77. The SMILES string of the molecule is CCC(C)C1CN(CC(F)F)CCCN1. The molecule has 15 heavy (non-hydrogen) atoms. The van der Waals surface area contributed by atoms with Crippen molar-refractivity contribution in [2.24, 2.45) is 5.92 Å². The summed E-state index contributed by atoms with van der Waals surface area (Å²) in [5.74, 6) is 0.559. The van der Waals surface area contributed by atoms with E-state index in [9.17, 15) is 8.78 Å². The average molecular weight is 220 g/mol. The summed E-state index contributed by atoms with van der Waals surface area (Å²) >= 11 is 0. The minimum Gasteiger partial charge on any atom is -0.312 e. The van der Waals surface area contributed by atoms with Crippen molar-refractivity contribution < 1.29 is 8.78 Å². The summed E-state index contributed by atoms with van der Waals surface area (Å²) in [5, 5.41) is 3.45. The lowest BCUT2D eigenvalue weighted by Gasteiger charge is -2.27. The Bertz CT molecular complexity index is 176. The highest BCUT2D eigenvalue weighted by molar-refractivity contribution is 4.80. The van der Waals surface area contributed by atoms with Crippen molar-refractivity contribution in [1.82, 2.24) is 10.2 Å². The van der Waals surface area contributed by atoms with Crippen LogP contribution in [0.2, 0.25) is 0 Å². The maximum Gasteiger partial charge on any atom is 0.251 e. The van der Waals surface area contributed by atoms with Crippen LogP contribution < -0.4 is 5.32 Å². The van der Waals surface area contributed by atoms with Gasteiger partial charge in [-0.25, -0.2) is 8.78 Å². The molecule has 0 saturated carbocycles. The number of halogens is 2. The van der Waals surface area contributed by atoms with E-state index >= 15 is 0 Å². The van der Waals surface area contributed by atoms with E-state index < -0.39 is 6.43 Å². The predicted octanol–water partition coefficient (Wildman–Crippen LogP) is 1.96. The minimum absolute atomic E-state index is 0.0748. The zero-order valence-corrected chi connectivity index (χ0v) is 9.68. The first kappa shape index (κ1) is 12.8. The molecule has 1 rings (SSSR count). The smallest absolute Gasteiger partial charge is 0.251 e. The first-order chi connectivity index (χ1) is 7.13. The molecular formula is C11H22F2N2. The Morgan fingerprint density at radius 3 is 2.80 bits per heavy atom. The Hall–Kier alpha value is -0.220. The van der Waals surface area contributed by atoms with Crippen LogP contribution in [-0.2, 0) is 0 Å². The van der Waals surface area contributed by atoms with Crippen LogP contribution in [0.25, 0.3) is 0 Å². The predicted molar refractivity (Wildman–Crippen MR) is 58.3 cm³/mol. The number of hydrogen-bond donors (Lipinski definition) is 1. The molecule has 0 bridgehead atoms. The van der Waals surface area contributed by atoms with Crippen LogP contribution in [0, 0.1) is 5.92 Å². The average Bonchev–Trinajstić information content (AvgIpc) is 2.41. The molecule has 2 unspecified atom stereocenters. The summed E-state index contributed by atoms with van der Waals surface area (Å²) in [6.07, 6.45) is -0.138. The van der Waals surface area contributed by atoms with Crippen molar-refractivity contribution >= 4 is 0 Å². The van der Waals surface area contributed by atoms with Gasteiger partial charge in [0, 0.05) is 12.6 Å². The molecule has 90 valence electrons. The van der Waals surface area contributed by atoms with E-state index in [1.807, 2.05) is 4.90 Å². The normalized spacial score (nSPS) is 26.6. The third-order valence-electron chi connectivity index (χ3n) is 3.24. The summed E-state index contributed by atoms with van der Waals surface area (Å²) in [7, 11) is 0. The Labute approximate surface area is 91.0 Å². The number of hydrogen-bond acceptors (Lipinski definition) is 2. The third kappa shape index (κ3) is 4.43. The van der Waals surface area contributed by atoms with Gasteiger partial charge in [0.05, 0.1) is 6.54 Å². The lowest BCUT2D eigenvalue weighted by Crippen LogP contribution is -2.43. The molecule has 0 aromatic rings. The molecule has 1 aliphatic heterocycles. The molecule has 2 nitrogen and oxygen atoms in total. The summed E-state index contributed by atoms with van der Waals surface area (Å²) in [4.78, 5) is 1.89. The molecule has 0 aromatic carbocycles. The van der Waals surface area contributed by atoms with E-state index in [-0.39, 0.29) is 6.54 Å². The zero-order chi connectivity index (χ0) is 11.3. The summed E-state index contributed by atoms with van der Waals surface area (Å²) < 4.78 is 24.6. The molecule has 1 N–H and O–H groups in total. The molecule has 0 radical (unpaired) electrons. The van der Waals surface area contributed by atoms with Crippen molar-refractivity contribution in [2.75, 3.05) is 26.2 Å². The van der Waals surface area contributed by atoms with Crippen LogP contribution in [0.4, 0.5) is 8.78 Å². The van der Waals surface area contributed by atoms with Gasteiger partial charge < -0.3 is 5.32 Å². The Balaban J connectivity index is 2.45. The molecule has 4 heteroatoms. The van der Waals surface area contributed by atoms with Gasteiger partial charge in [0.2, 0.25) is 0 Å². The van der Waals surface area contributed by atoms with Gasteiger partial charge in [0.15, 0.2) is 0 Å². The molecule has 0 spiro atoms.